The zero-order chi connectivity index (χ0) is 13.8. The SMILES string of the molecule is CCNc1ccncc1C(=O)N(C)C(C)(C)CC. The van der Waals surface area contributed by atoms with Crippen LogP contribution in [0, 0.1) is 0 Å². The number of carbonyl (C=O) groups is 1. The molecule has 18 heavy (non-hydrogen) atoms. The van der Waals surface area contributed by atoms with Crippen LogP contribution in [0.1, 0.15) is 44.5 Å². The van der Waals surface area contributed by atoms with Gasteiger partial charge in [0.2, 0.25) is 0 Å². The highest BCUT2D eigenvalue weighted by Crippen LogP contribution is 2.22. The maximum absolute atomic E-state index is 12.5. The van der Waals surface area contributed by atoms with Crippen molar-refractivity contribution in [2.24, 2.45) is 0 Å². The first-order valence-corrected chi connectivity index (χ1v) is 6.40. The van der Waals surface area contributed by atoms with Gasteiger partial charge in [0.15, 0.2) is 0 Å². The molecule has 0 bridgehead atoms. The molecule has 0 aliphatic rings. The smallest absolute Gasteiger partial charge is 0.257 e. The second kappa shape index (κ2) is 5.85. The Morgan fingerprint density at radius 3 is 2.67 bits per heavy atom. The number of pyridine rings is 1. The number of hydrogen-bond acceptors (Lipinski definition) is 3. The van der Waals surface area contributed by atoms with Crippen molar-refractivity contribution in [3.63, 3.8) is 0 Å². The molecule has 1 heterocycles. The highest BCUT2D eigenvalue weighted by molar-refractivity contribution is 5.99. The van der Waals surface area contributed by atoms with Gasteiger partial charge in [-0.05, 0) is 33.3 Å². The number of hydrogen-bond donors (Lipinski definition) is 1. The molecule has 1 rings (SSSR count). The first kappa shape index (κ1) is 14.5. The van der Waals surface area contributed by atoms with E-state index in [1.54, 1.807) is 17.3 Å². The summed E-state index contributed by atoms with van der Waals surface area (Å²) in [5, 5.41) is 3.19. The monoisotopic (exact) mass is 249 g/mol. The first-order valence-electron chi connectivity index (χ1n) is 6.40. The average molecular weight is 249 g/mol. The molecule has 0 spiro atoms. The van der Waals surface area contributed by atoms with Crippen LogP contribution in [-0.4, -0.2) is 34.9 Å². The zero-order valence-corrected chi connectivity index (χ0v) is 11.9. The second-order valence-electron chi connectivity index (χ2n) is 4.98. The molecule has 1 amide bonds. The summed E-state index contributed by atoms with van der Waals surface area (Å²) in [5.74, 6) is 0.00546. The van der Waals surface area contributed by atoms with Crippen LogP contribution in [0.15, 0.2) is 18.5 Å². The number of nitrogens with zero attached hydrogens (tertiary/aromatic N) is 2. The van der Waals surface area contributed by atoms with Crippen molar-refractivity contribution in [1.29, 1.82) is 0 Å². The Kier molecular flexibility index (Phi) is 4.70. The molecule has 1 N–H and O–H groups in total. The second-order valence-corrected chi connectivity index (χ2v) is 4.98. The van der Waals surface area contributed by atoms with Gasteiger partial charge in [0, 0.05) is 31.5 Å². The Morgan fingerprint density at radius 1 is 1.44 bits per heavy atom. The summed E-state index contributed by atoms with van der Waals surface area (Å²) in [6.45, 7) is 9.00. The molecule has 0 aliphatic carbocycles. The van der Waals surface area contributed by atoms with Gasteiger partial charge in [0.05, 0.1) is 11.3 Å². The van der Waals surface area contributed by atoms with Gasteiger partial charge in [0.25, 0.3) is 5.91 Å². The molecule has 0 saturated heterocycles. The first-order chi connectivity index (χ1) is 8.44. The summed E-state index contributed by atoms with van der Waals surface area (Å²) in [6.07, 6.45) is 4.23. The Bertz CT molecular complexity index is 415. The Balaban J connectivity index is 3.04. The highest BCUT2D eigenvalue weighted by atomic mass is 16.2. The summed E-state index contributed by atoms with van der Waals surface area (Å²) >= 11 is 0. The quantitative estimate of drug-likeness (QED) is 0.872. The lowest BCUT2D eigenvalue weighted by Crippen LogP contribution is -2.44. The van der Waals surface area contributed by atoms with Crippen molar-refractivity contribution >= 4 is 11.6 Å². The normalized spacial score (nSPS) is 11.2. The summed E-state index contributed by atoms with van der Waals surface area (Å²) in [4.78, 5) is 18.3. The molecule has 0 unspecified atom stereocenters. The number of carbonyl (C=O) groups excluding carboxylic acids is 1. The number of anilines is 1. The molecule has 4 heteroatoms. The van der Waals surface area contributed by atoms with Crippen LogP contribution in [0.4, 0.5) is 5.69 Å². The summed E-state index contributed by atoms with van der Waals surface area (Å²) in [7, 11) is 1.84. The summed E-state index contributed by atoms with van der Waals surface area (Å²) < 4.78 is 0. The van der Waals surface area contributed by atoms with Crippen molar-refractivity contribution in [3.05, 3.63) is 24.0 Å². The van der Waals surface area contributed by atoms with Crippen LogP contribution in [0.5, 0.6) is 0 Å². The lowest BCUT2D eigenvalue weighted by molar-refractivity contribution is 0.0621. The van der Waals surface area contributed by atoms with Crippen molar-refractivity contribution < 1.29 is 4.79 Å². The molecule has 100 valence electrons. The third-order valence-corrected chi connectivity index (χ3v) is 3.50. The molecule has 0 fully saturated rings. The lowest BCUT2D eigenvalue weighted by Gasteiger charge is -2.35. The van der Waals surface area contributed by atoms with E-state index in [-0.39, 0.29) is 11.4 Å². The van der Waals surface area contributed by atoms with Gasteiger partial charge in [-0.1, -0.05) is 6.92 Å². The predicted molar refractivity (Wildman–Crippen MR) is 74.9 cm³/mol. The molecule has 0 radical (unpaired) electrons. The number of rotatable bonds is 5. The molecular weight excluding hydrogens is 226 g/mol. The van der Waals surface area contributed by atoms with Gasteiger partial charge in [0.1, 0.15) is 0 Å². The lowest BCUT2D eigenvalue weighted by atomic mass is 9.99. The van der Waals surface area contributed by atoms with Gasteiger partial charge < -0.3 is 10.2 Å². The average Bonchev–Trinajstić information content (AvgIpc) is 2.38. The maximum Gasteiger partial charge on any atom is 0.257 e. The van der Waals surface area contributed by atoms with Crippen LogP contribution in [0.3, 0.4) is 0 Å². The molecule has 0 atom stereocenters. The van der Waals surface area contributed by atoms with E-state index in [0.29, 0.717) is 5.56 Å². The van der Waals surface area contributed by atoms with E-state index in [2.05, 4.69) is 31.1 Å². The fourth-order valence-corrected chi connectivity index (χ4v) is 1.60. The zero-order valence-electron chi connectivity index (χ0n) is 11.9. The van der Waals surface area contributed by atoms with E-state index in [4.69, 9.17) is 0 Å². The minimum absolute atomic E-state index is 0.00546. The maximum atomic E-state index is 12.5. The van der Waals surface area contributed by atoms with Crippen molar-refractivity contribution in [1.82, 2.24) is 9.88 Å². The van der Waals surface area contributed by atoms with Crippen LogP contribution in [0.2, 0.25) is 0 Å². The molecule has 0 saturated carbocycles. The van der Waals surface area contributed by atoms with E-state index < -0.39 is 0 Å². The van der Waals surface area contributed by atoms with Gasteiger partial charge >= 0.3 is 0 Å². The molecule has 0 aromatic carbocycles. The Hall–Kier alpha value is -1.58. The molecule has 0 aliphatic heterocycles. The van der Waals surface area contributed by atoms with Crippen molar-refractivity contribution in [2.75, 3.05) is 18.9 Å². The Morgan fingerprint density at radius 2 is 2.11 bits per heavy atom. The standard InChI is InChI=1S/C14H23N3O/c1-6-14(3,4)17(5)13(18)11-10-15-9-8-12(11)16-7-2/h8-10H,6-7H2,1-5H3,(H,15,16). The van der Waals surface area contributed by atoms with Crippen molar-refractivity contribution in [3.8, 4) is 0 Å². The largest absolute Gasteiger partial charge is 0.385 e. The fourth-order valence-electron chi connectivity index (χ4n) is 1.60. The highest BCUT2D eigenvalue weighted by Gasteiger charge is 2.27. The molecular formula is C14H23N3O. The van der Waals surface area contributed by atoms with Gasteiger partial charge in [-0.3, -0.25) is 9.78 Å². The topological polar surface area (TPSA) is 45.2 Å². The van der Waals surface area contributed by atoms with E-state index in [0.717, 1.165) is 18.7 Å². The molecule has 4 nitrogen and oxygen atoms in total. The fraction of sp³-hybridized carbons (Fsp3) is 0.571. The van der Waals surface area contributed by atoms with Crippen molar-refractivity contribution in [2.45, 2.75) is 39.7 Å². The third kappa shape index (κ3) is 3.00. The predicted octanol–water partition coefficient (Wildman–Crippen LogP) is 2.77. The number of aromatic nitrogens is 1. The van der Waals surface area contributed by atoms with Crippen LogP contribution < -0.4 is 5.32 Å². The number of nitrogens with one attached hydrogen (secondary N) is 1. The Labute approximate surface area is 109 Å². The van der Waals surface area contributed by atoms with Gasteiger partial charge in [-0.25, -0.2) is 0 Å². The summed E-state index contributed by atoms with van der Waals surface area (Å²) in [5.41, 5.74) is 1.32. The van der Waals surface area contributed by atoms with Gasteiger partial charge in [-0.2, -0.15) is 0 Å². The summed E-state index contributed by atoms with van der Waals surface area (Å²) in [6, 6.07) is 1.84. The van der Waals surface area contributed by atoms with Crippen LogP contribution in [0.25, 0.3) is 0 Å². The van der Waals surface area contributed by atoms with Gasteiger partial charge in [-0.15, -0.1) is 0 Å². The van der Waals surface area contributed by atoms with E-state index in [1.807, 2.05) is 20.0 Å². The third-order valence-electron chi connectivity index (χ3n) is 3.50. The van der Waals surface area contributed by atoms with E-state index >= 15 is 0 Å². The van der Waals surface area contributed by atoms with Crippen LogP contribution >= 0.6 is 0 Å². The minimum Gasteiger partial charge on any atom is -0.385 e. The molecule has 1 aromatic rings. The molecule has 1 aromatic heterocycles. The van der Waals surface area contributed by atoms with Crippen LogP contribution in [-0.2, 0) is 0 Å². The minimum atomic E-state index is -0.156. The van der Waals surface area contributed by atoms with E-state index in [1.165, 1.54) is 0 Å². The number of amides is 1. The van der Waals surface area contributed by atoms with E-state index in [9.17, 15) is 4.79 Å².